The first-order chi connectivity index (χ1) is 19.4. The van der Waals surface area contributed by atoms with Crippen molar-refractivity contribution in [1.82, 2.24) is 34.4 Å². The summed E-state index contributed by atoms with van der Waals surface area (Å²) < 4.78 is 24.0. The van der Waals surface area contributed by atoms with Gasteiger partial charge in [0.15, 0.2) is 5.82 Å². The fraction of sp³-hybridized carbons (Fsp3) is 0.231. The molecule has 1 atom stereocenters. The number of likely N-dealkylation sites (N-methyl/N-ethyl adjacent to an activating group) is 1. The largest absolute Gasteiger partial charge is 0.423 e. The summed E-state index contributed by atoms with van der Waals surface area (Å²) in [7, 11) is 1.64. The molecule has 1 amide bonds. The normalized spacial score (nSPS) is 14.2. The molecule has 2 aromatic carbocycles. The molecule has 40 heavy (non-hydrogen) atoms. The molecule has 0 spiro atoms. The van der Waals surface area contributed by atoms with Gasteiger partial charge in [-0.2, -0.15) is 4.98 Å². The number of hydrogen-bond acceptors (Lipinski definition) is 10. The maximum Gasteiger partial charge on any atom is 0.274 e. The summed E-state index contributed by atoms with van der Waals surface area (Å²) in [6, 6.07) is 11.7. The van der Waals surface area contributed by atoms with E-state index in [1.54, 1.807) is 7.05 Å². The number of aliphatic hydroxyl groups is 1. The molecule has 1 aliphatic rings. The molecular formula is C26H24FN9O4. The van der Waals surface area contributed by atoms with Crippen LogP contribution in [0.3, 0.4) is 0 Å². The van der Waals surface area contributed by atoms with Crippen molar-refractivity contribution < 1.29 is 18.7 Å². The number of aliphatic hydroxyl groups excluding tert-OH is 1. The van der Waals surface area contributed by atoms with Gasteiger partial charge in [-0.05, 0) is 17.7 Å². The number of carbonyl (C=O) groups is 1. The highest BCUT2D eigenvalue weighted by molar-refractivity contribution is 5.86. The Morgan fingerprint density at radius 3 is 2.70 bits per heavy atom. The second-order valence-corrected chi connectivity index (χ2v) is 9.24. The molecule has 5 aromatic rings. The molecular weight excluding hydrogens is 521 g/mol. The Morgan fingerprint density at radius 2 is 1.95 bits per heavy atom. The number of carbonyl (C=O) groups excluding carboxylic acids is 1. The number of anilines is 3. The number of benzene rings is 2. The summed E-state index contributed by atoms with van der Waals surface area (Å²) in [6.45, 7) is 0.186. The number of amides is 1. The summed E-state index contributed by atoms with van der Waals surface area (Å²) in [6.07, 6.45) is 2.60. The Labute approximate surface area is 225 Å². The van der Waals surface area contributed by atoms with Crippen LogP contribution in [-0.4, -0.2) is 65.6 Å². The van der Waals surface area contributed by atoms with Crippen LogP contribution in [0.15, 0.2) is 64.3 Å². The van der Waals surface area contributed by atoms with Crippen molar-refractivity contribution >= 4 is 34.3 Å². The van der Waals surface area contributed by atoms with Crippen LogP contribution in [-0.2, 0) is 17.9 Å². The summed E-state index contributed by atoms with van der Waals surface area (Å²) in [5, 5.41) is 23.9. The van der Waals surface area contributed by atoms with Crippen molar-refractivity contribution in [1.29, 1.82) is 0 Å². The molecule has 0 fully saturated rings. The van der Waals surface area contributed by atoms with E-state index in [4.69, 9.17) is 4.42 Å². The van der Waals surface area contributed by atoms with Gasteiger partial charge >= 0.3 is 0 Å². The number of nitrogens with zero attached hydrogens (tertiary/aromatic N) is 7. The second kappa shape index (κ2) is 10.2. The van der Waals surface area contributed by atoms with E-state index < -0.39 is 11.9 Å². The molecule has 6 rings (SSSR count). The van der Waals surface area contributed by atoms with E-state index in [9.17, 15) is 14.7 Å². The second-order valence-electron chi connectivity index (χ2n) is 9.24. The van der Waals surface area contributed by atoms with Gasteiger partial charge in [-0.25, -0.2) is 14.1 Å². The molecule has 0 unspecified atom stereocenters. The van der Waals surface area contributed by atoms with Gasteiger partial charge < -0.3 is 25.1 Å². The Kier molecular flexibility index (Phi) is 6.43. The molecule has 0 aliphatic carbocycles. The monoisotopic (exact) mass is 545 g/mol. The Hall–Kier alpha value is -5.11. The van der Waals surface area contributed by atoms with Crippen LogP contribution >= 0.6 is 0 Å². The first-order valence-electron chi connectivity index (χ1n) is 12.4. The standard InChI is InChI=1S/C26H24FN9O4/c1-34-9-10-35-25(39)16-7-8-18(21(27)22(16)36(35)12-20(34)38)31-26-28-11-17(24-33-29-14-40-24)23(32-26)30-19(13-37)15-5-3-2-4-6-15/h2-8,11,14,19,37H,9-10,12-13H2,1H3,(H2,28,30,31,32)/t19-/m1/s1. The van der Waals surface area contributed by atoms with Gasteiger partial charge in [0.2, 0.25) is 18.2 Å². The molecule has 14 heteroatoms. The molecule has 0 saturated heterocycles. The third-order valence-corrected chi connectivity index (χ3v) is 6.81. The number of hydrogen-bond donors (Lipinski definition) is 3. The van der Waals surface area contributed by atoms with Crippen molar-refractivity contribution in [3.63, 3.8) is 0 Å². The van der Waals surface area contributed by atoms with E-state index in [0.717, 1.165) is 5.56 Å². The van der Waals surface area contributed by atoms with Gasteiger partial charge in [0.25, 0.3) is 11.4 Å². The lowest BCUT2D eigenvalue weighted by Gasteiger charge is -2.19. The summed E-state index contributed by atoms with van der Waals surface area (Å²) >= 11 is 0. The highest BCUT2D eigenvalue weighted by Gasteiger charge is 2.25. The minimum Gasteiger partial charge on any atom is -0.423 e. The van der Waals surface area contributed by atoms with Crippen LogP contribution in [0.5, 0.6) is 0 Å². The first kappa shape index (κ1) is 25.2. The number of nitrogens with one attached hydrogen (secondary N) is 2. The van der Waals surface area contributed by atoms with E-state index >= 15 is 4.39 Å². The van der Waals surface area contributed by atoms with Gasteiger partial charge in [-0.1, -0.05) is 30.3 Å². The van der Waals surface area contributed by atoms with Crippen molar-refractivity contribution in [2.45, 2.75) is 19.1 Å². The fourth-order valence-corrected chi connectivity index (χ4v) is 4.66. The molecule has 0 radical (unpaired) electrons. The maximum atomic E-state index is 15.9. The Bertz CT molecular complexity index is 1750. The van der Waals surface area contributed by atoms with Crippen molar-refractivity contribution in [3.05, 3.63) is 76.8 Å². The Morgan fingerprint density at radius 1 is 1.12 bits per heavy atom. The SMILES string of the molecule is CN1CCn2c(=O)c3ccc(Nc4ncc(-c5nnco5)c(N[C@H](CO)c5ccccc5)n4)c(F)c3n2CC1=O. The van der Waals surface area contributed by atoms with Gasteiger partial charge in [-0.15, -0.1) is 10.2 Å². The molecule has 3 aromatic heterocycles. The quantitative estimate of drug-likeness (QED) is 0.277. The van der Waals surface area contributed by atoms with Crippen LogP contribution < -0.4 is 16.2 Å². The lowest BCUT2D eigenvalue weighted by molar-refractivity contribution is -0.130. The third kappa shape index (κ3) is 4.43. The number of fused-ring (bicyclic) bond motifs is 3. The molecule has 0 saturated carbocycles. The summed E-state index contributed by atoms with van der Waals surface area (Å²) in [4.78, 5) is 35.8. The van der Waals surface area contributed by atoms with E-state index in [2.05, 4.69) is 30.8 Å². The average molecular weight is 546 g/mol. The minimum atomic E-state index is -0.720. The van der Waals surface area contributed by atoms with Crippen molar-refractivity contribution in [3.8, 4) is 11.5 Å². The van der Waals surface area contributed by atoms with Crippen LogP contribution in [0.2, 0.25) is 0 Å². The lowest BCUT2D eigenvalue weighted by Crippen LogP contribution is -2.29. The topological polar surface area (TPSA) is 156 Å². The predicted octanol–water partition coefficient (Wildman–Crippen LogP) is 2.14. The van der Waals surface area contributed by atoms with E-state index in [-0.39, 0.29) is 65.4 Å². The highest BCUT2D eigenvalue weighted by atomic mass is 19.1. The molecule has 13 nitrogen and oxygen atoms in total. The third-order valence-electron chi connectivity index (χ3n) is 6.81. The van der Waals surface area contributed by atoms with E-state index in [1.165, 1.54) is 39.0 Å². The lowest BCUT2D eigenvalue weighted by atomic mass is 10.1. The average Bonchev–Trinajstić information content (AvgIpc) is 3.56. The van der Waals surface area contributed by atoms with E-state index in [1.807, 2.05) is 30.3 Å². The number of halogens is 1. The number of aromatic nitrogens is 6. The van der Waals surface area contributed by atoms with Crippen LogP contribution in [0.25, 0.3) is 22.4 Å². The molecule has 204 valence electrons. The number of rotatable bonds is 7. The molecule has 3 N–H and O–H groups in total. The first-order valence-corrected chi connectivity index (χ1v) is 12.4. The van der Waals surface area contributed by atoms with Crippen LogP contribution in [0.4, 0.5) is 21.8 Å². The molecule has 1 aliphatic heterocycles. The Balaban J connectivity index is 1.39. The zero-order chi connectivity index (χ0) is 27.8. The maximum absolute atomic E-state index is 15.9. The molecule has 0 bridgehead atoms. The van der Waals surface area contributed by atoms with Gasteiger partial charge in [-0.3, -0.25) is 14.3 Å². The highest BCUT2D eigenvalue weighted by Crippen LogP contribution is 2.31. The van der Waals surface area contributed by atoms with Gasteiger partial charge in [0, 0.05) is 19.8 Å². The zero-order valence-electron chi connectivity index (χ0n) is 21.3. The zero-order valence-corrected chi connectivity index (χ0v) is 21.3. The smallest absolute Gasteiger partial charge is 0.274 e. The van der Waals surface area contributed by atoms with Gasteiger partial charge in [0.05, 0.1) is 35.8 Å². The van der Waals surface area contributed by atoms with Crippen molar-refractivity contribution in [2.24, 2.45) is 0 Å². The summed E-state index contributed by atoms with van der Waals surface area (Å²) in [5.41, 5.74) is 0.846. The fourth-order valence-electron chi connectivity index (χ4n) is 4.66. The van der Waals surface area contributed by atoms with Gasteiger partial charge in [0.1, 0.15) is 17.9 Å². The van der Waals surface area contributed by atoms with Crippen LogP contribution in [0, 0.1) is 5.82 Å². The van der Waals surface area contributed by atoms with Crippen LogP contribution in [0.1, 0.15) is 11.6 Å². The molecule has 4 heterocycles. The minimum absolute atomic E-state index is 0.0108. The van der Waals surface area contributed by atoms with E-state index in [0.29, 0.717) is 12.1 Å². The predicted molar refractivity (Wildman–Crippen MR) is 142 cm³/mol. The van der Waals surface area contributed by atoms with Crippen molar-refractivity contribution in [2.75, 3.05) is 30.8 Å². The summed E-state index contributed by atoms with van der Waals surface area (Å²) in [5.74, 6) is -0.511.